The average Bonchev–Trinajstić information content (AvgIpc) is 2.44. The first-order chi connectivity index (χ1) is 10.2. The number of guanidine groups is 2. The van der Waals surface area contributed by atoms with Crippen LogP contribution < -0.4 is 22.9 Å². The van der Waals surface area contributed by atoms with Crippen LogP contribution in [0.4, 0.5) is 0 Å². The molecule has 9 heteroatoms. The van der Waals surface area contributed by atoms with Crippen LogP contribution in [0.1, 0.15) is 30.5 Å². The van der Waals surface area contributed by atoms with Crippen molar-refractivity contribution in [3.8, 4) is 5.75 Å². The predicted molar refractivity (Wildman–Crippen MR) is 88.9 cm³/mol. The highest BCUT2D eigenvalue weighted by molar-refractivity contribution is 6.08. The zero-order chi connectivity index (χ0) is 16.9. The number of phenols is 1. The van der Waals surface area contributed by atoms with Crippen LogP contribution in [0.2, 0.25) is 0 Å². The SMILES string of the molecule is C/C(=N\N=C(N)N)c1cc(C)cc(/C(C)=N/N=C(N)N)c1O. The molecule has 0 radical (unpaired) electrons. The first-order valence-electron chi connectivity index (χ1n) is 6.33. The normalized spacial score (nSPS) is 12.0. The van der Waals surface area contributed by atoms with Crippen molar-refractivity contribution < 1.29 is 5.11 Å². The summed E-state index contributed by atoms with van der Waals surface area (Å²) in [6, 6.07) is 3.52. The smallest absolute Gasteiger partial charge is 0.211 e. The van der Waals surface area contributed by atoms with E-state index in [4.69, 9.17) is 22.9 Å². The molecular formula is C13H20N8O. The Morgan fingerprint density at radius 1 is 0.818 bits per heavy atom. The van der Waals surface area contributed by atoms with E-state index >= 15 is 0 Å². The molecule has 0 heterocycles. The molecule has 1 aromatic rings. The molecule has 0 aromatic heterocycles. The van der Waals surface area contributed by atoms with Crippen molar-refractivity contribution in [2.75, 3.05) is 0 Å². The van der Waals surface area contributed by atoms with Gasteiger partial charge in [-0.25, -0.2) is 0 Å². The van der Waals surface area contributed by atoms with Crippen LogP contribution >= 0.6 is 0 Å². The molecule has 0 amide bonds. The minimum absolute atomic E-state index is 0.00955. The minimum atomic E-state index is -0.169. The maximum atomic E-state index is 10.4. The first-order valence-corrected chi connectivity index (χ1v) is 6.33. The third-order valence-electron chi connectivity index (χ3n) is 2.66. The fraction of sp³-hybridized carbons (Fsp3) is 0.231. The largest absolute Gasteiger partial charge is 0.507 e. The van der Waals surface area contributed by atoms with Gasteiger partial charge in [-0.2, -0.15) is 10.2 Å². The monoisotopic (exact) mass is 304 g/mol. The lowest BCUT2D eigenvalue weighted by molar-refractivity contribution is 0.472. The second kappa shape index (κ2) is 7.07. The van der Waals surface area contributed by atoms with E-state index in [1.54, 1.807) is 26.0 Å². The quantitative estimate of drug-likeness (QED) is 0.291. The number of nitrogens with zero attached hydrogens (tertiary/aromatic N) is 4. The highest BCUT2D eigenvalue weighted by Crippen LogP contribution is 2.26. The van der Waals surface area contributed by atoms with Crippen molar-refractivity contribution in [2.24, 2.45) is 43.3 Å². The molecule has 118 valence electrons. The molecule has 0 fully saturated rings. The minimum Gasteiger partial charge on any atom is -0.507 e. The summed E-state index contributed by atoms with van der Waals surface area (Å²) in [7, 11) is 0. The van der Waals surface area contributed by atoms with Crippen molar-refractivity contribution in [3.05, 3.63) is 28.8 Å². The molecule has 9 nitrogen and oxygen atoms in total. The number of hydrogen-bond acceptors (Lipinski definition) is 5. The van der Waals surface area contributed by atoms with Gasteiger partial charge in [0, 0.05) is 11.1 Å². The van der Waals surface area contributed by atoms with Gasteiger partial charge in [0.2, 0.25) is 11.9 Å². The Morgan fingerprint density at radius 3 is 1.50 bits per heavy atom. The molecule has 1 aromatic carbocycles. The molecule has 0 aliphatic carbocycles. The Kier molecular flexibility index (Phi) is 5.44. The lowest BCUT2D eigenvalue weighted by Crippen LogP contribution is -2.22. The van der Waals surface area contributed by atoms with Crippen LogP contribution in [0.5, 0.6) is 5.75 Å². The number of aromatic hydroxyl groups is 1. The third-order valence-corrected chi connectivity index (χ3v) is 2.66. The topological polar surface area (TPSA) is 174 Å². The van der Waals surface area contributed by atoms with Gasteiger partial charge in [0.25, 0.3) is 0 Å². The van der Waals surface area contributed by atoms with E-state index in [0.29, 0.717) is 22.6 Å². The first kappa shape index (κ1) is 17.0. The zero-order valence-electron chi connectivity index (χ0n) is 12.7. The van der Waals surface area contributed by atoms with Gasteiger partial charge in [0.1, 0.15) is 5.75 Å². The number of benzene rings is 1. The Morgan fingerprint density at radius 2 is 1.18 bits per heavy atom. The van der Waals surface area contributed by atoms with Crippen LogP contribution in [-0.2, 0) is 0 Å². The molecule has 0 atom stereocenters. The summed E-state index contributed by atoms with van der Waals surface area (Å²) in [5.41, 5.74) is 23.7. The second-order valence-corrected chi connectivity index (χ2v) is 4.63. The van der Waals surface area contributed by atoms with Crippen molar-refractivity contribution in [3.63, 3.8) is 0 Å². The summed E-state index contributed by atoms with van der Waals surface area (Å²) in [4.78, 5) is 0. The summed E-state index contributed by atoms with van der Waals surface area (Å²) >= 11 is 0. The summed E-state index contributed by atoms with van der Waals surface area (Å²) in [6.45, 7) is 5.22. The second-order valence-electron chi connectivity index (χ2n) is 4.63. The summed E-state index contributed by atoms with van der Waals surface area (Å²) in [6.07, 6.45) is 0. The Labute approximate surface area is 128 Å². The lowest BCUT2D eigenvalue weighted by atomic mass is 9.99. The van der Waals surface area contributed by atoms with E-state index in [-0.39, 0.29) is 17.7 Å². The average molecular weight is 304 g/mol. The number of nitrogens with two attached hydrogens (primary N) is 4. The van der Waals surface area contributed by atoms with E-state index in [2.05, 4.69) is 20.4 Å². The van der Waals surface area contributed by atoms with Gasteiger partial charge in [-0.05, 0) is 38.5 Å². The molecule has 0 aliphatic heterocycles. The van der Waals surface area contributed by atoms with E-state index < -0.39 is 0 Å². The fourth-order valence-electron chi connectivity index (χ4n) is 1.70. The standard InChI is InChI=1S/C13H20N8O/c1-6-4-9(7(2)18-20-12(14)15)11(22)10(5-6)8(3)19-21-13(16)17/h4-5,22H,1-3H3,(H4,14,15,20)(H4,16,17,21)/b18-7+,19-8+. The molecule has 0 unspecified atom stereocenters. The van der Waals surface area contributed by atoms with Crippen molar-refractivity contribution in [1.82, 2.24) is 0 Å². The maximum Gasteiger partial charge on any atom is 0.211 e. The maximum absolute atomic E-state index is 10.4. The molecule has 0 saturated heterocycles. The summed E-state index contributed by atoms with van der Waals surface area (Å²) in [5, 5.41) is 25.3. The Bertz CT molecular complexity index is 624. The molecule has 0 bridgehead atoms. The van der Waals surface area contributed by atoms with Gasteiger partial charge in [-0.1, -0.05) is 0 Å². The fourth-order valence-corrected chi connectivity index (χ4v) is 1.70. The van der Waals surface area contributed by atoms with E-state index in [0.717, 1.165) is 5.56 Å². The molecule has 22 heavy (non-hydrogen) atoms. The highest BCUT2D eigenvalue weighted by atomic mass is 16.3. The van der Waals surface area contributed by atoms with Crippen LogP contribution in [0.25, 0.3) is 0 Å². The summed E-state index contributed by atoms with van der Waals surface area (Å²) < 4.78 is 0. The number of phenolic OH excluding ortho intramolecular Hbond substituents is 1. The van der Waals surface area contributed by atoms with Gasteiger partial charge in [0.15, 0.2) is 0 Å². The molecule has 0 aliphatic rings. The summed E-state index contributed by atoms with van der Waals surface area (Å²) in [5.74, 6) is -0.348. The highest BCUT2D eigenvalue weighted by Gasteiger charge is 2.13. The Balaban J connectivity index is 3.41. The lowest BCUT2D eigenvalue weighted by Gasteiger charge is -2.10. The van der Waals surface area contributed by atoms with Crippen LogP contribution in [0.15, 0.2) is 32.5 Å². The molecular weight excluding hydrogens is 284 g/mol. The van der Waals surface area contributed by atoms with Crippen molar-refractivity contribution in [1.29, 1.82) is 0 Å². The zero-order valence-corrected chi connectivity index (χ0v) is 12.7. The predicted octanol–water partition coefficient (Wildman–Crippen LogP) is -0.305. The van der Waals surface area contributed by atoms with E-state index in [9.17, 15) is 5.11 Å². The van der Waals surface area contributed by atoms with Gasteiger partial charge < -0.3 is 28.0 Å². The van der Waals surface area contributed by atoms with E-state index in [1.807, 2.05) is 6.92 Å². The molecule has 1 rings (SSSR count). The Hall–Kier alpha value is -3.10. The van der Waals surface area contributed by atoms with Crippen LogP contribution in [0.3, 0.4) is 0 Å². The number of aryl methyl sites for hydroxylation is 1. The van der Waals surface area contributed by atoms with E-state index in [1.165, 1.54) is 0 Å². The van der Waals surface area contributed by atoms with Crippen LogP contribution in [-0.4, -0.2) is 28.4 Å². The van der Waals surface area contributed by atoms with Gasteiger partial charge in [-0.15, -0.1) is 10.2 Å². The third kappa shape index (κ3) is 4.47. The van der Waals surface area contributed by atoms with Crippen molar-refractivity contribution in [2.45, 2.75) is 20.8 Å². The number of rotatable bonds is 4. The number of hydrogen-bond donors (Lipinski definition) is 5. The van der Waals surface area contributed by atoms with Gasteiger partial charge in [-0.3, -0.25) is 0 Å². The van der Waals surface area contributed by atoms with Gasteiger partial charge in [0.05, 0.1) is 11.4 Å². The van der Waals surface area contributed by atoms with Crippen molar-refractivity contribution >= 4 is 23.3 Å². The molecule has 0 saturated carbocycles. The molecule has 9 N–H and O–H groups in total. The van der Waals surface area contributed by atoms with Crippen LogP contribution in [0, 0.1) is 6.92 Å². The van der Waals surface area contributed by atoms with Gasteiger partial charge >= 0.3 is 0 Å². The molecule has 0 spiro atoms.